The standard InChI is InChI=1S/C18H26INO4/c1-5-23-17(21)16(11-14-7-9-15(19)10-8-14)20(12-13(3)4)18(22)24-6-2/h7-10,13,16H,5-6,11-12H2,1-4H3. The molecule has 0 saturated carbocycles. The van der Waals surface area contributed by atoms with Crippen LogP contribution < -0.4 is 0 Å². The van der Waals surface area contributed by atoms with Gasteiger partial charge in [0.2, 0.25) is 0 Å². The van der Waals surface area contributed by atoms with E-state index in [9.17, 15) is 9.59 Å². The van der Waals surface area contributed by atoms with Gasteiger partial charge in [-0.25, -0.2) is 9.59 Å². The third-order valence-corrected chi connectivity index (χ3v) is 4.06. The Morgan fingerprint density at radius 1 is 1.08 bits per heavy atom. The number of carbonyl (C=O) groups is 2. The summed E-state index contributed by atoms with van der Waals surface area (Å²) in [5, 5.41) is 0. The Morgan fingerprint density at radius 3 is 2.17 bits per heavy atom. The van der Waals surface area contributed by atoms with Gasteiger partial charge in [-0.3, -0.25) is 4.90 Å². The van der Waals surface area contributed by atoms with Crippen molar-refractivity contribution in [2.45, 2.75) is 40.2 Å². The average Bonchev–Trinajstić information content (AvgIpc) is 2.52. The Hall–Kier alpha value is -1.31. The molecule has 0 aliphatic rings. The summed E-state index contributed by atoms with van der Waals surface area (Å²) in [6.07, 6.45) is -0.0730. The molecule has 0 aliphatic heterocycles. The first-order chi connectivity index (χ1) is 11.4. The predicted molar refractivity (Wildman–Crippen MR) is 102 cm³/mol. The molecule has 0 N–H and O–H groups in total. The average molecular weight is 447 g/mol. The molecule has 24 heavy (non-hydrogen) atoms. The van der Waals surface area contributed by atoms with Gasteiger partial charge in [-0.1, -0.05) is 26.0 Å². The highest BCUT2D eigenvalue weighted by Gasteiger charge is 2.32. The molecule has 1 amide bonds. The SMILES string of the molecule is CCOC(=O)C(Cc1ccc(I)cc1)N(CC(C)C)C(=O)OCC. The summed E-state index contributed by atoms with van der Waals surface area (Å²) in [7, 11) is 0. The van der Waals surface area contributed by atoms with Crippen LogP contribution in [0.4, 0.5) is 4.79 Å². The van der Waals surface area contributed by atoms with Gasteiger partial charge < -0.3 is 9.47 Å². The first kappa shape index (κ1) is 20.7. The summed E-state index contributed by atoms with van der Waals surface area (Å²) in [5.41, 5.74) is 0.978. The van der Waals surface area contributed by atoms with Gasteiger partial charge in [-0.05, 0) is 60.1 Å². The second kappa shape index (κ2) is 10.5. The van der Waals surface area contributed by atoms with Crippen molar-refractivity contribution in [1.29, 1.82) is 0 Å². The Morgan fingerprint density at radius 2 is 1.67 bits per heavy atom. The van der Waals surface area contributed by atoms with Gasteiger partial charge in [-0.15, -0.1) is 0 Å². The molecule has 1 rings (SSSR count). The van der Waals surface area contributed by atoms with Crippen molar-refractivity contribution in [3.63, 3.8) is 0 Å². The van der Waals surface area contributed by atoms with Crippen LogP contribution in [0.15, 0.2) is 24.3 Å². The van der Waals surface area contributed by atoms with Crippen LogP contribution in [0.2, 0.25) is 0 Å². The van der Waals surface area contributed by atoms with Crippen molar-refractivity contribution in [2.24, 2.45) is 5.92 Å². The number of halogens is 1. The van der Waals surface area contributed by atoms with Crippen LogP contribution in [0, 0.1) is 9.49 Å². The monoisotopic (exact) mass is 447 g/mol. The molecule has 1 atom stereocenters. The second-order valence-electron chi connectivity index (χ2n) is 5.84. The van der Waals surface area contributed by atoms with E-state index in [4.69, 9.17) is 9.47 Å². The molecule has 0 heterocycles. The van der Waals surface area contributed by atoms with Crippen molar-refractivity contribution in [3.05, 3.63) is 33.4 Å². The predicted octanol–water partition coefficient (Wildman–Crippen LogP) is 3.88. The van der Waals surface area contributed by atoms with Crippen LogP contribution in [-0.2, 0) is 20.7 Å². The molecule has 1 aromatic rings. The smallest absolute Gasteiger partial charge is 0.410 e. The van der Waals surface area contributed by atoms with Crippen molar-refractivity contribution in [1.82, 2.24) is 4.90 Å². The second-order valence-corrected chi connectivity index (χ2v) is 7.09. The van der Waals surface area contributed by atoms with E-state index in [2.05, 4.69) is 22.6 Å². The lowest BCUT2D eigenvalue weighted by molar-refractivity contribution is -0.149. The Bertz CT molecular complexity index is 530. The third-order valence-electron chi connectivity index (χ3n) is 3.34. The third kappa shape index (κ3) is 6.67. The molecule has 6 heteroatoms. The number of nitrogens with zero attached hydrogens (tertiary/aromatic N) is 1. The topological polar surface area (TPSA) is 55.8 Å². The summed E-state index contributed by atoms with van der Waals surface area (Å²) >= 11 is 2.23. The number of hydrogen-bond acceptors (Lipinski definition) is 4. The lowest BCUT2D eigenvalue weighted by Gasteiger charge is -2.30. The van der Waals surface area contributed by atoms with Gasteiger partial charge in [-0.2, -0.15) is 0 Å². The summed E-state index contributed by atoms with van der Waals surface area (Å²) in [6, 6.07) is 7.20. The van der Waals surface area contributed by atoms with Crippen LogP contribution in [0.3, 0.4) is 0 Å². The molecule has 134 valence electrons. The molecular weight excluding hydrogens is 421 g/mol. The number of amides is 1. The fraction of sp³-hybridized carbons (Fsp3) is 0.556. The number of ether oxygens (including phenoxy) is 2. The highest BCUT2D eigenvalue weighted by atomic mass is 127. The van der Waals surface area contributed by atoms with Crippen LogP contribution in [0.25, 0.3) is 0 Å². The highest BCUT2D eigenvalue weighted by molar-refractivity contribution is 14.1. The zero-order valence-electron chi connectivity index (χ0n) is 14.8. The Balaban J connectivity index is 3.08. The van der Waals surface area contributed by atoms with E-state index in [1.165, 1.54) is 4.90 Å². The fourth-order valence-electron chi connectivity index (χ4n) is 2.33. The van der Waals surface area contributed by atoms with Crippen LogP contribution in [0.1, 0.15) is 33.3 Å². The van der Waals surface area contributed by atoms with E-state index < -0.39 is 18.1 Å². The molecule has 0 radical (unpaired) electrons. The van der Waals surface area contributed by atoms with Gasteiger partial charge >= 0.3 is 12.1 Å². The summed E-state index contributed by atoms with van der Waals surface area (Å²) in [4.78, 5) is 26.3. The number of rotatable bonds is 8. The molecule has 0 fully saturated rings. The quantitative estimate of drug-likeness (QED) is 0.449. The van der Waals surface area contributed by atoms with E-state index >= 15 is 0 Å². The zero-order valence-corrected chi connectivity index (χ0v) is 16.9. The van der Waals surface area contributed by atoms with Gasteiger partial charge in [0.15, 0.2) is 0 Å². The van der Waals surface area contributed by atoms with E-state index in [0.717, 1.165) is 9.13 Å². The minimum atomic E-state index is -0.688. The molecular formula is C18H26INO4. The minimum absolute atomic E-state index is 0.211. The maximum absolute atomic E-state index is 12.5. The first-order valence-corrected chi connectivity index (χ1v) is 9.31. The van der Waals surface area contributed by atoms with E-state index in [1.54, 1.807) is 13.8 Å². The molecule has 1 aromatic carbocycles. The fourth-order valence-corrected chi connectivity index (χ4v) is 2.69. The van der Waals surface area contributed by atoms with E-state index in [0.29, 0.717) is 13.0 Å². The Kier molecular flexibility index (Phi) is 9.10. The van der Waals surface area contributed by atoms with Gasteiger partial charge in [0, 0.05) is 16.5 Å². The molecule has 5 nitrogen and oxygen atoms in total. The lowest BCUT2D eigenvalue weighted by Crippen LogP contribution is -2.49. The van der Waals surface area contributed by atoms with Crippen molar-refractivity contribution in [2.75, 3.05) is 19.8 Å². The summed E-state index contributed by atoms with van der Waals surface area (Å²) in [5.74, 6) is -0.187. The maximum atomic E-state index is 12.5. The molecule has 0 saturated heterocycles. The minimum Gasteiger partial charge on any atom is -0.464 e. The summed E-state index contributed by atoms with van der Waals surface area (Å²) < 4.78 is 11.5. The molecule has 0 bridgehead atoms. The van der Waals surface area contributed by atoms with Crippen LogP contribution >= 0.6 is 22.6 Å². The Labute approximate surface area is 157 Å². The molecule has 1 unspecified atom stereocenters. The number of benzene rings is 1. The first-order valence-electron chi connectivity index (χ1n) is 8.23. The maximum Gasteiger partial charge on any atom is 0.410 e. The lowest BCUT2D eigenvalue weighted by atomic mass is 10.0. The molecule has 0 aromatic heterocycles. The van der Waals surface area contributed by atoms with Crippen molar-refractivity contribution >= 4 is 34.7 Å². The summed E-state index contributed by atoms with van der Waals surface area (Å²) in [6.45, 7) is 8.50. The van der Waals surface area contributed by atoms with E-state index in [-0.39, 0.29) is 19.1 Å². The number of hydrogen-bond donors (Lipinski definition) is 0. The van der Waals surface area contributed by atoms with Crippen LogP contribution in [0.5, 0.6) is 0 Å². The van der Waals surface area contributed by atoms with Gasteiger partial charge in [0.25, 0.3) is 0 Å². The zero-order chi connectivity index (χ0) is 18.1. The molecule has 0 aliphatic carbocycles. The largest absolute Gasteiger partial charge is 0.464 e. The van der Waals surface area contributed by atoms with E-state index in [1.807, 2.05) is 38.1 Å². The van der Waals surface area contributed by atoms with Crippen molar-refractivity contribution in [3.8, 4) is 0 Å². The normalized spacial score (nSPS) is 11.9. The van der Waals surface area contributed by atoms with Gasteiger partial charge in [0.1, 0.15) is 6.04 Å². The van der Waals surface area contributed by atoms with Gasteiger partial charge in [0.05, 0.1) is 13.2 Å². The molecule has 0 spiro atoms. The number of carbonyl (C=O) groups excluding carboxylic acids is 2. The van der Waals surface area contributed by atoms with Crippen LogP contribution in [-0.4, -0.2) is 42.8 Å². The van der Waals surface area contributed by atoms with Crippen molar-refractivity contribution < 1.29 is 19.1 Å². The highest BCUT2D eigenvalue weighted by Crippen LogP contribution is 2.16. The number of esters is 1.